The van der Waals surface area contributed by atoms with Crippen molar-refractivity contribution in [1.29, 1.82) is 0 Å². The predicted octanol–water partition coefficient (Wildman–Crippen LogP) is 4.01. The Hall–Kier alpha value is -3.25. The summed E-state index contributed by atoms with van der Waals surface area (Å²) in [7, 11) is 0. The van der Waals surface area contributed by atoms with Gasteiger partial charge in [-0.05, 0) is 30.4 Å². The Morgan fingerprint density at radius 1 is 0.929 bits per heavy atom. The number of benzene rings is 2. The molecule has 0 aliphatic heterocycles. The Bertz CT molecular complexity index is 1110. The van der Waals surface area contributed by atoms with Crippen LogP contribution < -0.4 is 5.32 Å². The molecule has 1 aliphatic carbocycles. The van der Waals surface area contributed by atoms with Gasteiger partial charge in [0.15, 0.2) is 11.5 Å². The third-order valence-electron chi connectivity index (χ3n) is 5.30. The second kappa shape index (κ2) is 7.05. The summed E-state index contributed by atoms with van der Waals surface area (Å²) < 4.78 is 0. The second-order valence-electron chi connectivity index (χ2n) is 7.23. The minimum Gasteiger partial charge on any atom is -0.393 e. The van der Waals surface area contributed by atoms with Crippen molar-refractivity contribution in [3.05, 3.63) is 60.9 Å². The highest BCUT2D eigenvalue weighted by Crippen LogP contribution is 2.32. The molecule has 28 heavy (non-hydrogen) atoms. The van der Waals surface area contributed by atoms with E-state index < -0.39 is 0 Å². The van der Waals surface area contributed by atoms with Crippen LogP contribution in [0.4, 0.5) is 5.82 Å². The minimum atomic E-state index is -0.232. The Kier molecular flexibility index (Phi) is 4.25. The monoisotopic (exact) mass is 371 g/mol. The van der Waals surface area contributed by atoms with E-state index in [-0.39, 0.29) is 12.1 Å². The first-order valence-electron chi connectivity index (χ1n) is 9.58. The summed E-state index contributed by atoms with van der Waals surface area (Å²) in [6.45, 7) is 0. The lowest BCUT2D eigenvalue weighted by Gasteiger charge is -2.12. The topological polar surface area (TPSA) is 86.7 Å². The van der Waals surface area contributed by atoms with Crippen LogP contribution >= 0.6 is 0 Å². The van der Waals surface area contributed by atoms with E-state index in [1.807, 2.05) is 30.3 Å². The number of aliphatic hydroxyl groups is 1. The maximum atomic E-state index is 9.79. The van der Waals surface area contributed by atoms with E-state index in [1.165, 1.54) is 6.33 Å². The molecule has 3 N–H and O–H groups in total. The third-order valence-corrected chi connectivity index (χ3v) is 5.30. The summed E-state index contributed by atoms with van der Waals surface area (Å²) in [4.78, 5) is 16.9. The highest BCUT2D eigenvalue weighted by Gasteiger charge is 2.24. The fourth-order valence-corrected chi connectivity index (χ4v) is 3.91. The first-order chi connectivity index (χ1) is 13.8. The normalized spacial score (nSPS) is 19.2. The van der Waals surface area contributed by atoms with Gasteiger partial charge in [0.2, 0.25) is 0 Å². The average Bonchev–Trinajstić information content (AvgIpc) is 3.35. The molecule has 6 heteroatoms. The summed E-state index contributed by atoms with van der Waals surface area (Å²) in [5.74, 6) is 1.50. The van der Waals surface area contributed by atoms with Crippen LogP contribution in [0.5, 0.6) is 0 Å². The van der Waals surface area contributed by atoms with Gasteiger partial charge in [-0.15, -0.1) is 0 Å². The van der Waals surface area contributed by atoms with Crippen molar-refractivity contribution in [2.75, 3.05) is 5.32 Å². The summed E-state index contributed by atoms with van der Waals surface area (Å²) in [6, 6.07) is 18.7. The molecule has 0 bridgehead atoms. The lowest BCUT2D eigenvalue weighted by atomic mass is 9.99. The largest absolute Gasteiger partial charge is 0.393 e. The van der Waals surface area contributed by atoms with Gasteiger partial charge in [-0.2, -0.15) is 0 Å². The zero-order valence-electron chi connectivity index (χ0n) is 15.3. The number of aliphatic hydroxyl groups excluding tert-OH is 1. The van der Waals surface area contributed by atoms with E-state index >= 15 is 0 Å². The Balaban J connectivity index is 1.56. The van der Waals surface area contributed by atoms with Crippen molar-refractivity contribution >= 4 is 17.0 Å². The first-order valence-corrected chi connectivity index (χ1v) is 9.58. The number of nitrogens with zero attached hydrogens (tertiary/aromatic N) is 3. The van der Waals surface area contributed by atoms with E-state index in [2.05, 4.69) is 44.5 Å². The number of hydrogen-bond acceptors (Lipinski definition) is 5. The highest BCUT2D eigenvalue weighted by atomic mass is 16.3. The lowest BCUT2D eigenvalue weighted by Crippen LogP contribution is -2.17. The molecule has 0 amide bonds. The lowest BCUT2D eigenvalue weighted by molar-refractivity contribution is 0.182. The van der Waals surface area contributed by atoms with Crippen LogP contribution in [-0.4, -0.2) is 37.2 Å². The number of fused-ring (bicyclic) bond motifs is 1. The molecule has 4 aromatic rings. The molecule has 140 valence electrons. The van der Waals surface area contributed by atoms with Gasteiger partial charge in [0.25, 0.3) is 0 Å². The minimum absolute atomic E-state index is 0.219. The molecule has 2 atom stereocenters. The zero-order valence-corrected chi connectivity index (χ0v) is 15.3. The molecule has 2 heterocycles. The molecular weight excluding hydrogens is 350 g/mol. The highest BCUT2D eigenvalue weighted by molar-refractivity contribution is 5.88. The van der Waals surface area contributed by atoms with Gasteiger partial charge >= 0.3 is 0 Å². The van der Waals surface area contributed by atoms with Gasteiger partial charge in [-0.1, -0.05) is 54.6 Å². The van der Waals surface area contributed by atoms with Crippen molar-refractivity contribution in [2.24, 2.45) is 0 Å². The first kappa shape index (κ1) is 16.9. The quantitative estimate of drug-likeness (QED) is 0.504. The molecule has 1 saturated carbocycles. The molecule has 1 aliphatic rings. The fourth-order valence-electron chi connectivity index (χ4n) is 3.91. The molecular formula is C22H21N5O. The van der Waals surface area contributed by atoms with Crippen molar-refractivity contribution in [1.82, 2.24) is 19.9 Å². The number of H-pyrrole nitrogens is 1. The van der Waals surface area contributed by atoms with Gasteiger partial charge in [-0.25, -0.2) is 15.0 Å². The summed E-state index contributed by atoms with van der Waals surface area (Å²) in [5.41, 5.74) is 4.70. The van der Waals surface area contributed by atoms with Crippen LogP contribution in [0.25, 0.3) is 33.7 Å². The van der Waals surface area contributed by atoms with Crippen LogP contribution in [0.2, 0.25) is 0 Å². The number of aromatic nitrogens is 4. The van der Waals surface area contributed by atoms with Crippen molar-refractivity contribution in [3.8, 4) is 22.5 Å². The van der Waals surface area contributed by atoms with Crippen LogP contribution in [0.3, 0.4) is 0 Å². The average molecular weight is 371 g/mol. The van der Waals surface area contributed by atoms with Crippen LogP contribution in [-0.2, 0) is 0 Å². The molecule has 0 saturated heterocycles. The summed E-state index contributed by atoms with van der Waals surface area (Å²) >= 11 is 0. The zero-order chi connectivity index (χ0) is 18.9. The predicted molar refractivity (Wildman–Crippen MR) is 110 cm³/mol. The molecule has 0 radical (unpaired) electrons. The molecule has 5 rings (SSSR count). The Morgan fingerprint density at radius 2 is 1.71 bits per heavy atom. The van der Waals surface area contributed by atoms with E-state index in [4.69, 9.17) is 4.98 Å². The summed E-state index contributed by atoms with van der Waals surface area (Å²) in [5, 5.41) is 13.2. The molecule has 2 aromatic heterocycles. The molecule has 6 nitrogen and oxygen atoms in total. The maximum absolute atomic E-state index is 9.79. The van der Waals surface area contributed by atoms with Crippen LogP contribution in [0, 0.1) is 0 Å². The molecule has 1 fully saturated rings. The van der Waals surface area contributed by atoms with E-state index in [9.17, 15) is 5.11 Å². The molecule has 0 unspecified atom stereocenters. The second-order valence-corrected chi connectivity index (χ2v) is 7.23. The SMILES string of the molecule is O[C@H]1CC[C@@H](Nc2ncnc3nc(-c4ccccc4-c4ccccc4)[nH]c23)C1. The number of imidazole rings is 1. The van der Waals surface area contributed by atoms with Crippen molar-refractivity contribution in [3.63, 3.8) is 0 Å². The van der Waals surface area contributed by atoms with Gasteiger partial charge in [-0.3, -0.25) is 0 Å². The van der Waals surface area contributed by atoms with E-state index in [0.29, 0.717) is 5.65 Å². The molecule has 0 spiro atoms. The Labute approximate surface area is 162 Å². The fraction of sp³-hybridized carbons (Fsp3) is 0.227. The van der Waals surface area contributed by atoms with Gasteiger partial charge in [0.05, 0.1) is 6.10 Å². The van der Waals surface area contributed by atoms with Gasteiger partial charge in [0, 0.05) is 11.6 Å². The Morgan fingerprint density at radius 3 is 2.50 bits per heavy atom. The summed E-state index contributed by atoms with van der Waals surface area (Å²) in [6.07, 6.45) is 3.80. The standard InChI is InChI=1S/C22H21N5O/c28-16-11-10-15(12-16)25-21-19-22(24-13-23-21)27-20(26-19)18-9-5-4-8-17(18)14-6-2-1-3-7-14/h1-9,13,15-16,28H,10-12H2,(H2,23,24,25,26,27)/t15-,16+/m1/s1. The number of hydrogen-bond donors (Lipinski definition) is 3. The van der Waals surface area contributed by atoms with Gasteiger partial charge < -0.3 is 15.4 Å². The van der Waals surface area contributed by atoms with Gasteiger partial charge in [0.1, 0.15) is 17.7 Å². The smallest absolute Gasteiger partial charge is 0.183 e. The van der Waals surface area contributed by atoms with Crippen molar-refractivity contribution < 1.29 is 5.11 Å². The third kappa shape index (κ3) is 3.12. The number of nitrogens with one attached hydrogen (secondary N) is 2. The van der Waals surface area contributed by atoms with Crippen LogP contribution in [0.1, 0.15) is 19.3 Å². The van der Waals surface area contributed by atoms with Crippen molar-refractivity contribution in [2.45, 2.75) is 31.4 Å². The number of anilines is 1. The van der Waals surface area contributed by atoms with E-state index in [0.717, 1.165) is 53.1 Å². The van der Waals surface area contributed by atoms with E-state index in [1.54, 1.807) is 0 Å². The molecule has 2 aromatic carbocycles. The number of aromatic amines is 1. The van der Waals surface area contributed by atoms with Crippen LogP contribution in [0.15, 0.2) is 60.9 Å². The maximum Gasteiger partial charge on any atom is 0.183 e. The number of rotatable bonds is 4.